The molecule has 0 saturated heterocycles. The lowest BCUT2D eigenvalue weighted by Crippen LogP contribution is -2.44. The van der Waals surface area contributed by atoms with Gasteiger partial charge in [-0.3, -0.25) is 5.32 Å². The van der Waals surface area contributed by atoms with Crippen LogP contribution in [0, 0.1) is 11.3 Å². The fourth-order valence-electron chi connectivity index (χ4n) is 2.61. The van der Waals surface area contributed by atoms with Crippen molar-refractivity contribution in [1.82, 2.24) is 15.3 Å². The number of thioether (sulfide) groups is 1. The van der Waals surface area contributed by atoms with Crippen molar-refractivity contribution in [1.29, 1.82) is 5.26 Å². The van der Waals surface area contributed by atoms with Gasteiger partial charge in [-0.25, -0.2) is 4.98 Å². The molecular weight excluding hydrogens is 280 g/mol. The molecule has 4 nitrogen and oxygen atoms in total. The highest BCUT2D eigenvalue weighted by Crippen LogP contribution is 2.30. The second-order valence-electron chi connectivity index (χ2n) is 6.05. The monoisotopic (exact) mass is 300 g/mol. The Balaban J connectivity index is 1.64. The number of aromatic nitrogens is 2. The molecule has 21 heavy (non-hydrogen) atoms. The topological polar surface area (TPSA) is 64.5 Å². The van der Waals surface area contributed by atoms with Crippen LogP contribution in [-0.4, -0.2) is 26.8 Å². The molecule has 1 aliphatic carbocycles. The summed E-state index contributed by atoms with van der Waals surface area (Å²) in [6.45, 7) is 4.16. The quantitative estimate of drug-likeness (QED) is 0.802. The van der Waals surface area contributed by atoms with Crippen molar-refractivity contribution in [3.05, 3.63) is 24.3 Å². The highest BCUT2D eigenvalue weighted by Gasteiger charge is 2.33. The summed E-state index contributed by atoms with van der Waals surface area (Å²) in [6.07, 6.45) is 3.20. The maximum absolute atomic E-state index is 9.45. The third-order valence-corrected chi connectivity index (χ3v) is 4.71. The van der Waals surface area contributed by atoms with Crippen LogP contribution in [0.25, 0.3) is 11.0 Å². The van der Waals surface area contributed by atoms with Gasteiger partial charge in [-0.05, 0) is 38.3 Å². The van der Waals surface area contributed by atoms with E-state index in [0.29, 0.717) is 11.3 Å². The minimum absolute atomic E-state index is 0.321. The van der Waals surface area contributed by atoms with Crippen LogP contribution >= 0.6 is 11.8 Å². The number of para-hydroxylation sites is 2. The number of hydrogen-bond donors (Lipinski definition) is 2. The Morgan fingerprint density at radius 3 is 2.95 bits per heavy atom. The Hall–Kier alpha value is -1.51. The average molecular weight is 300 g/mol. The van der Waals surface area contributed by atoms with Gasteiger partial charge in [-0.1, -0.05) is 30.8 Å². The van der Waals surface area contributed by atoms with Gasteiger partial charge in [0.15, 0.2) is 5.16 Å². The summed E-state index contributed by atoms with van der Waals surface area (Å²) in [4.78, 5) is 7.92. The number of rotatable bonds is 6. The van der Waals surface area contributed by atoms with E-state index in [-0.39, 0.29) is 0 Å². The molecule has 2 unspecified atom stereocenters. The van der Waals surface area contributed by atoms with E-state index in [9.17, 15) is 5.26 Å². The molecule has 3 rings (SSSR count). The van der Waals surface area contributed by atoms with E-state index in [1.54, 1.807) is 11.8 Å². The molecule has 0 aliphatic heterocycles. The number of nitrogens with one attached hydrogen (secondary N) is 2. The SMILES string of the molecule is CC(CC(C)(C#N)NC1CC1)Sc1nc2ccccc2[nH]1. The largest absolute Gasteiger partial charge is 0.333 e. The van der Waals surface area contributed by atoms with Crippen LogP contribution in [0.2, 0.25) is 0 Å². The summed E-state index contributed by atoms with van der Waals surface area (Å²) in [7, 11) is 0. The van der Waals surface area contributed by atoms with Crippen molar-refractivity contribution >= 4 is 22.8 Å². The van der Waals surface area contributed by atoms with Gasteiger partial charge >= 0.3 is 0 Å². The third-order valence-electron chi connectivity index (χ3n) is 3.72. The molecule has 1 aromatic heterocycles. The molecule has 2 N–H and O–H groups in total. The number of hydrogen-bond acceptors (Lipinski definition) is 4. The first-order valence-electron chi connectivity index (χ1n) is 7.38. The maximum atomic E-state index is 9.45. The molecule has 2 aromatic rings. The van der Waals surface area contributed by atoms with Crippen molar-refractivity contribution in [3.63, 3.8) is 0 Å². The first-order chi connectivity index (χ1) is 10.1. The van der Waals surface area contributed by atoms with Gasteiger partial charge in [0, 0.05) is 11.3 Å². The number of imidazole rings is 1. The molecule has 0 radical (unpaired) electrons. The molecule has 5 heteroatoms. The van der Waals surface area contributed by atoms with Crippen LogP contribution < -0.4 is 5.32 Å². The molecule has 1 saturated carbocycles. The summed E-state index contributed by atoms with van der Waals surface area (Å²) in [5.74, 6) is 0. The molecule has 0 spiro atoms. The molecular formula is C16H20N4S. The van der Waals surface area contributed by atoms with Crippen LogP contribution in [0.3, 0.4) is 0 Å². The van der Waals surface area contributed by atoms with Crippen molar-refractivity contribution in [2.24, 2.45) is 0 Å². The van der Waals surface area contributed by atoms with E-state index < -0.39 is 5.54 Å². The molecule has 1 aromatic carbocycles. The van der Waals surface area contributed by atoms with Crippen LogP contribution in [0.5, 0.6) is 0 Å². The zero-order valence-corrected chi connectivity index (χ0v) is 13.2. The average Bonchev–Trinajstić information content (AvgIpc) is 3.15. The number of benzene rings is 1. The van der Waals surface area contributed by atoms with E-state index in [1.807, 2.05) is 31.2 Å². The van der Waals surface area contributed by atoms with E-state index in [2.05, 4.69) is 28.3 Å². The third kappa shape index (κ3) is 3.58. The van der Waals surface area contributed by atoms with Crippen molar-refractivity contribution in [2.75, 3.05) is 0 Å². The normalized spacial score (nSPS) is 19.1. The Kier molecular flexibility index (Phi) is 3.92. The fourth-order valence-corrected chi connectivity index (χ4v) is 3.73. The van der Waals surface area contributed by atoms with Gasteiger partial charge < -0.3 is 4.98 Å². The molecule has 1 heterocycles. The number of H-pyrrole nitrogens is 1. The Labute approximate surface area is 129 Å². The van der Waals surface area contributed by atoms with Crippen LogP contribution in [0.15, 0.2) is 29.4 Å². The first kappa shape index (κ1) is 14.4. The van der Waals surface area contributed by atoms with Gasteiger partial charge in [0.1, 0.15) is 5.54 Å². The molecule has 2 atom stereocenters. The summed E-state index contributed by atoms with van der Waals surface area (Å²) in [5, 5.41) is 14.1. The number of nitrogens with zero attached hydrogens (tertiary/aromatic N) is 2. The Morgan fingerprint density at radius 2 is 2.29 bits per heavy atom. The van der Waals surface area contributed by atoms with Crippen LogP contribution in [0.4, 0.5) is 0 Å². The zero-order chi connectivity index (χ0) is 14.9. The number of fused-ring (bicyclic) bond motifs is 1. The summed E-state index contributed by atoms with van der Waals surface area (Å²) >= 11 is 1.70. The molecule has 1 aliphatic rings. The van der Waals surface area contributed by atoms with Gasteiger partial charge in [-0.15, -0.1) is 0 Å². The van der Waals surface area contributed by atoms with Crippen LogP contribution in [-0.2, 0) is 0 Å². The minimum atomic E-state index is -0.445. The lowest BCUT2D eigenvalue weighted by Gasteiger charge is -2.26. The highest BCUT2D eigenvalue weighted by atomic mass is 32.2. The molecule has 110 valence electrons. The molecule has 1 fully saturated rings. The van der Waals surface area contributed by atoms with E-state index in [0.717, 1.165) is 22.6 Å². The van der Waals surface area contributed by atoms with E-state index in [4.69, 9.17) is 0 Å². The van der Waals surface area contributed by atoms with Crippen molar-refractivity contribution in [3.8, 4) is 6.07 Å². The number of aromatic amines is 1. The van der Waals surface area contributed by atoms with Gasteiger partial charge in [0.2, 0.25) is 0 Å². The van der Waals surface area contributed by atoms with Gasteiger partial charge in [0.25, 0.3) is 0 Å². The lowest BCUT2D eigenvalue weighted by atomic mass is 9.98. The van der Waals surface area contributed by atoms with Crippen molar-refractivity contribution in [2.45, 2.75) is 55.1 Å². The summed E-state index contributed by atoms with van der Waals surface area (Å²) in [5.41, 5.74) is 1.61. The zero-order valence-electron chi connectivity index (χ0n) is 12.4. The first-order valence-corrected chi connectivity index (χ1v) is 8.26. The van der Waals surface area contributed by atoms with E-state index >= 15 is 0 Å². The second kappa shape index (κ2) is 5.70. The van der Waals surface area contributed by atoms with Gasteiger partial charge in [-0.2, -0.15) is 5.26 Å². The molecule has 0 amide bonds. The second-order valence-corrected chi connectivity index (χ2v) is 7.48. The fraction of sp³-hybridized carbons (Fsp3) is 0.500. The molecule has 0 bridgehead atoms. The number of nitriles is 1. The van der Waals surface area contributed by atoms with Crippen molar-refractivity contribution < 1.29 is 0 Å². The summed E-state index contributed by atoms with van der Waals surface area (Å²) < 4.78 is 0. The lowest BCUT2D eigenvalue weighted by molar-refractivity contribution is 0.414. The summed E-state index contributed by atoms with van der Waals surface area (Å²) in [6, 6.07) is 11.0. The van der Waals surface area contributed by atoms with E-state index in [1.165, 1.54) is 12.8 Å². The van der Waals surface area contributed by atoms with Crippen LogP contribution in [0.1, 0.15) is 33.1 Å². The predicted molar refractivity (Wildman–Crippen MR) is 86.2 cm³/mol. The standard InChI is InChI=1S/C16H20N4S/c1-11(9-16(2,10-17)20-12-7-8-12)21-15-18-13-5-3-4-6-14(13)19-15/h3-6,11-12,20H,7-9H2,1-2H3,(H,18,19). The Morgan fingerprint density at radius 1 is 1.52 bits per heavy atom. The van der Waals surface area contributed by atoms with Gasteiger partial charge in [0.05, 0.1) is 17.1 Å². The maximum Gasteiger partial charge on any atom is 0.166 e. The smallest absolute Gasteiger partial charge is 0.166 e. The predicted octanol–water partition coefficient (Wildman–Crippen LogP) is 3.47. The minimum Gasteiger partial charge on any atom is -0.333 e. The highest BCUT2D eigenvalue weighted by molar-refractivity contribution is 7.99. The Bertz CT molecular complexity index is 637.